The van der Waals surface area contributed by atoms with E-state index in [1.54, 1.807) is 51.1 Å². The second-order valence-corrected chi connectivity index (χ2v) is 7.29. The zero-order chi connectivity index (χ0) is 18.4. The van der Waals surface area contributed by atoms with Gasteiger partial charge in [-0.3, -0.25) is 4.79 Å². The van der Waals surface area contributed by atoms with E-state index in [4.69, 9.17) is 32.4 Å². The molecule has 3 rings (SSSR count). The maximum Gasteiger partial charge on any atom is 0.422 e. The van der Waals surface area contributed by atoms with Crippen molar-refractivity contribution in [1.82, 2.24) is 0 Å². The summed E-state index contributed by atoms with van der Waals surface area (Å²) in [7, 11) is 0. The number of rotatable bonds is 1. The van der Waals surface area contributed by atoms with Crippen LogP contribution in [0.1, 0.15) is 32.1 Å². The van der Waals surface area contributed by atoms with Crippen molar-refractivity contribution in [1.29, 1.82) is 0 Å². The first-order valence-corrected chi connectivity index (χ1v) is 8.26. The molecule has 2 aromatic rings. The Morgan fingerprint density at radius 3 is 2.52 bits per heavy atom. The van der Waals surface area contributed by atoms with Gasteiger partial charge in [-0.15, -0.1) is 0 Å². The maximum atomic E-state index is 12.9. The van der Waals surface area contributed by atoms with Crippen LogP contribution in [0.2, 0.25) is 10.2 Å². The lowest BCUT2D eigenvalue weighted by Gasteiger charge is -2.23. The van der Waals surface area contributed by atoms with Gasteiger partial charge in [0.05, 0.1) is 11.3 Å². The number of benzene rings is 1. The summed E-state index contributed by atoms with van der Waals surface area (Å²) in [5.41, 5.74) is 0.490. The van der Waals surface area contributed by atoms with Crippen molar-refractivity contribution in [3.05, 3.63) is 51.9 Å². The molecule has 0 unspecified atom stereocenters. The zero-order valence-electron chi connectivity index (χ0n) is 13.8. The molecule has 0 saturated carbocycles. The molecule has 0 atom stereocenters. The van der Waals surface area contributed by atoms with Crippen LogP contribution in [0.15, 0.2) is 34.7 Å². The summed E-state index contributed by atoms with van der Waals surface area (Å²) in [6.07, 6.45) is 0.771. The van der Waals surface area contributed by atoms with Crippen LogP contribution in [-0.4, -0.2) is 17.6 Å². The fraction of sp³-hybridized carbons (Fsp3) is 0.222. The molecule has 1 aromatic heterocycles. The minimum Gasteiger partial charge on any atom is -0.445 e. The predicted octanol–water partition coefficient (Wildman–Crippen LogP) is 5.41. The van der Waals surface area contributed by atoms with E-state index in [-0.39, 0.29) is 5.22 Å². The summed E-state index contributed by atoms with van der Waals surface area (Å²) in [4.78, 5) is 26.3. The third-order valence-electron chi connectivity index (χ3n) is 3.38. The molecule has 0 N–H and O–H groups in total. The molecule has 0 fully saturated rings. The quantitative estimate of drug-likeness (QED) is 0.621. The topological polar surface area (TPSA) is 59.8 Å². The van der Waals surface area contributed by atoms with E-state index in [1.807, 2.05) is 0 Å². The molecule has 0 saturated heterocycles. The van der Waals surface area contributed by atoms with Crippen LogP contribution in [0, 0.1) is 0 Å². The largest absolute Gasteiger partial charge is 0.445 e. The van der Waals surface area contributed by atoms with Gasteiger partial charge in [0.2, 0.25) is 0 Å². The van der Waals surface area contributed by atoms with Crippen molar-refractivity contribution in [2.24, 2.45) is 0 Å². The van der Waals surface area contributed by atoms with Crippen LogP contribution in [-0.2, 0) is 9.53 Å². The van der Waals surface area contributed by atoms with Gasteiger partial charge in [0.15, 0.2) is 5.22 Å². The molecular formula is C18H15Cl2NO4. The van der Waals surface area contributed by atoms with Gasteiger partial charge in [-0.1, -0.05) is 17.7 Å². The second kappa shape index (κ2) is 6.24. The van der Waals surface area contributed by atoms with Crippen LogP contribution in [0.4, 0.5) is 10.5 Å². The van der Waals surface area contributed by atoms with Gasteiger partial charge in [0, 0.05) is 10.6 Å². The number of imide groups is 1. The number of nitrogens with zero attached hydrogens (tertiary/aromatic N) is 1. The van der Waals surface area contributed by atoms with Gasteiger partial charge in [-0.25, -0.2) is 9.69 Å². The van der Waals surface area contributed by atoms with E-state index in [0.717, 1.165) is 4.90 Å². The Morgan fingerprint density at radius 2 is 1.92 bits per heavy atom. The van der Waals surface area contributed by atoms with Crippen LogP contribution in [0.5, 0.6) is 0 Å². The van der Waals surface area contributed by atoms with E-state index in [1.165, 1.54) is 6.08 Å². The highest BCUT2D eigenvalue weighted by Gasteiger charge is 2.39. The lowest BCUT2D eigenvalue weighted by molar-refractivity contribution is -0.112. The minimum atomic E-state index is -0.762. The molecule has 5 nitrogen and oxygen atoms in total. The third-order valence-corrected chi connectivity index (χ3v) is 3.82. The zero-order valence-corrected chi connectivity index (χ0v) is 15.3. The summed E-state index contributed by atoms with van der Waals surface area (Å²) in [6.45, 7) is 5.18. The standard InChI is InChI=1S/C18H15Cl2NO4/c1-18(2,3)25-17(23)21-14-8-10(19)4-6-12(14)13(16(21)22)9-11-5-7-15(20)24-11/h4-9H,1-3H3. The fourth-order valence-electron chi connectivity index (χ4n) is 2.44. The maximum absolute atomic E-state index is 12.9. The smallest absolute Gasteiger partial charge is 0.422 e. The lowest BCUT2D eigenvalue weighted by Crippen LogP contribution is -2.38. The number of ether oxygens (including phenoxy) is 1. The number of fused-ring (bicyclic) bond motifs is 1. The van der Waals surface area contributed by atoms with Crippen molar-refractivity contribution in [2.75, 3.05) is 4.90 Å². The summed E-state index contributed by atoms with van der Waals surface area (Å²) >= 11 is 11.8. The molecular weight excluding hydrogens is 365 g/mol. The van der Waals surface area contributed by atoms with E-state index in [9.17, 15) is 9.59 Å². The number of carbonyl (C=O) groups is 2. The van der Waals surface area contributed by atoms with E-state index in [0.29, 0.717) is 27.6 Å². The number of amides is 2. The minimum absolute atomic E-state index is 0.206. The highest BCUT2D eigenvalue weighted by molar-refractivity contribution is 6.42. The Bertz CT molecular complexity index is 893. The molecule has 7 heteroatoms. The molecule has 1 aliphatic rings. The number of halogens is 2. The molecule has 0 aliphatic carbocycles. The molecule has 1 aromatic carbocycles. The highest BCUT2D eigenvalue weighted by Crippen LogP contribution is 2.40. The number of hydrogen-bond acceptors (Lipinski definition) is 4. The molecule has 130 valence electrons. The van der Waals surface area contributed by atoms with Crippen molar-refractivity contribution in [3.8, 4) is 0 Å². The van der Waals surface area contributed by atoms with Gasteiger partial charge in [0.1, 0.15) is 11.4 Å². The molecule has 2 heterocycles. The summed E-state index contributed by atoms with van der Waals surface area (Å²) < 4.78 is 10.6. The normalized spacial score (nSPS) is 15.6. The van der Waals surface area contributed by atoms with Crippen LogP contribution in [0.3, 0.4) is 0 Å². The van der Waals surface area contributed by atoms with Gasteiger partial charge in [-0.05, 0) is 62.7 Å². The van der Waals surface area contributed by atoms with Crippen molar-refractivity contribution >= 4 is 52.5 Å². The Balaban J connectivity index is 2.08. The number of hydrogen-bond donors (Lipinski definition) is 0. The van der Waals surface area contributed by atoms with Crippen molar-refractivity contribution in [2.45, 2.75) is 26.4 Å². The molecule has 1 aliphatic heterocycles. The first-order valence-electron chi connectivity index (χ1n) is 7.50. The number of anilines is 1. The fourth-order valence-corrected chi connectivity index (χ4v) is 2.76. The highest BCUT2D eigenvalue weighted by atomic mass is 35.5. The van der Waals surface area contributed by atoms with Crippen molar-refractivity contribution < 1.29 is 18.7 Å². The molecule has 25 heavy (non-hydrogen) atoms. The average Bonchev–Trinajstić information content (AvgIpc) is 2.99. The molecule has 2 amide bonds. The average molecular weight is 380 g/mol. The summed E-state index contributed by atoms with van der Waals surface area (Å²) in [5.74, 6) is -0.112. The molecule has 0 spiro atoms. The van der Waals surface area contributed by atoms with Crippen LogP contribution < -0.4 is 4.90 Å². The molecule has 0 radical (unpaired) electrons. The monoisotopic (exact) mass is 379 g/mol. The van der Waals surface area contributed by atoms with Crippen molar-refractivity contribution in [3.63, 3.8) is 0 Å². The Kier molecular flexibility index (Phi) is 4.39. The molecule has 0 bridgehead atoms. The Labute approximate surface area is 154 Å². The van der Waals surface area contributed by atoms with E-state index in [2.05, 4.69) is 0 Å². The first-order chi connectivity index (χ1) is 11.7. The van der Waals surface area contributed by atoms with Crippen LogP contribution in [0.25, 0.3) is 11.6 Å². The van der Waals surface area contributed by atoms with Gasteiger partial charge in [-0.2, -0.15) is 0 Å². The van der Waals surface area contributed by atoms with Gasteiger partial charge >= 0.3 is 6.09 Å². The van der Waals surface area contributed by atoms with E-state index < -0.39 is 17.6 Å². The summed E-state index contributed by atoms with van der Waals surface area (Å²) in [6, 6.07) is 8.08. The van der Waals surface area contributed by atoms with Crippen LogP contribution >= 0.6 is 23.2 Å². The Morgan fingerprint density at radius 1 is 1.20 bits per heavy atom. The Hall–Kier alpha value is -2.24. The SMILES string of the molecule is CC(C)(C)OC(=O)N1C(=O)C(=Cc2ccc(Cl)o2)c2ccc(Cl)cc21. The lowest BCUT2D eigenvalue weighted by atomic mass is 10.1. The van der Waals surface area contributed by atoms with Gasteiger partial charge in [0.25, 0.3) is 5.91 Å². The van der Waals surface area contributed by atoms with E-state index >= 15 is 0 Å². The summed E-state index contributed by atoms with van der Waals surface area (Å²) in [5, 5.41) is 0.611. The first kappa shape index (κ1) is 17.6. The number of carbonyl (C=O) groups excluding carboxylic acids is 2. The number of furan rings is 1. The predicted molar refractivity (Wildman–Crippen MR) is 96.8 cm³/mol. The third kappa shape index (κ3) is 3.57. The van der Waals surface area contributed by atoms with Gasteiger partial charge < -0.3 is 9.15 Å². The second-order valence-electron chi connectivity index (χ2n) is 6.48.